The molecule has 0 spiro atoms. The van der Waals surface area contributed by atoms with Gasteiger partial charge in [-0.1, -0.05) is 0 Å². The summed E-state index contributed by atoms with van der Waals surface area (Å²) in [6, 6.07) is 2.14. The molecule has 8 heteroatoms. The minimum absolute atomic E-state index is 0.0698. The molecule has 0 aromatic carbocycles. The highest BCUT2D eigenvalue weighted by molar-refractivity contribution is 5.78. The molecule has 1 unspecified atom stereocenters. The van der Waals surface area contributed by atoms with Crippen molar-refractivity contribution in [3.63, 3.8) is 0 Å². The fourth-order valence-corrected chi connectivity index (χ4v) is 4.47. The smallest absolute Gasteiger partial charge is 0.225 e. The van der Waals surface area contributed by atoms with Crippen LogP contribution in [-0.2, 0) is 14.3 Å². The van der Waals surface area contributed by atoms with Crippen LogP contribution in [0.4, 0.5) is 5.95 Å². The number of anilines is 1. The third-order valence-corrected chi connectivity index (χ3v) is 6.14. The number of aromatic nitrogens is 2. The van der Waals surface area contributed by atoms with Crippen LogP contribution in [0.15, 0.2) is 12.3 Å². The van der Waals surface area contributed by atoms with Gasteiger partial charge in [0.1, 0.15) is 0 Å². The molecular formula is C21H31N5O3. The number of rotatable bonds is 7. The first-order valence-electron chi connectivity index (χ1n) is 10.9. The van der Waals surface area contributed by atoms with E-state index in [0.29, 0.717) is 25.3 Å². The number of ether oxygens (including phenoxy) is 1. The van der Waals surface area contributed by atoms with Crippen LogP contribution in [0.2, 0.25) is 0 Å². The van der Waals surface area contributed by atoms with Crippen molar-refractivity contribution in [3.8, 4) is 0 Å². The molecule has 1 aromatic heterocycles. The first-order valence-corrected chi connectivity index (χ1v) is 10.9. The zero-order valence-corrected chi connectivity index (χ0v) is 17.0. The van der Waals surface area contributed by atoms with E-state index in [2.05, 4.69) is 15.2 Å². The van der Waals surface area contributed by atoms with Gasteiger partial charge in [0.2, 0.25) is 17.8 Å². The number of carbonyl (C=O) groups excluding carboxylic acids is 2. The summed E-state index contributed by atoms with van der Waals surface area (Å²) in [4.78, 5) is 37.2. The molecule has 0 aliphatic carbocycles. The van der Waals surface area contributed by atoms with Crippen LogP contribution in [0, 0.1) is 0 Å². The molecule has 2 amide bonds. The van der Waals surface area contributed by atoms with Gasteiger partial charge in [-0.05, 0) is 38.2 Å². The number of nitrogens with zero attached hydrogens (tertiary/aromatic N) is 4. The van der Waals surface area contributed by atoms with Crippen molar-refractivity contribution in [3.05, 3.63) is 18.0 Å². The summed E-state index contributed by atoms with van der Waals surface area (Å²) in [5.74, 6) is 1.50. The predicted octanol–water partition coefficient (Wildman–Crippen LogP) is 1.47. The number of nitrogens with one attached hydrogen (secondary N) is 1. The average Bonchev–Trinajstić information content (AvgIpc) is 3.38. The van der Waals surface area contributed by atoms with Crippen LogP contribution >= 0.6 is 0 Å². The van der Waals surface area contributed by atoms with E-state index in [1.54, 1.807) is 0 Å². The van der Waals surface area contributed by atoms with E-state index in [-0.39, 0.29) is 17.9 Å². The molecule has 1 atom stereocenters. The SMILES string of the molecule is O=C(CCCN1CCCC1=O)NC1CCN(c2nccc(C3CCOCC3)n2)C1. The molecule has 29 heavy (non-hydrogen) atoms. The zero-order chi connectivity index (χ0) is 20.1. The van der Waals surface area contributed by atoms with Gasteiger partial charge in [-0.15, -0.1) is 0 Å². The molecule has 0 radical (unpaired) electrons. The van der Waals surface area contributed by atoms with Crippen molar-refractivity contribution in [1.82, 2.24) is 20.2 Å². The fourth-order valence-electron chi connectivity index (χ4n) is 4.47. The van der Waals surface area contributed by atoms with Crippen LogP contribution in [0.1, 0.15) is 56.6 Å². The zero-order valence-electron chi connectivity index (χ0n) is 17.0. The van der Waals surface area contributed by atoms with Gasteiger partial charge in [0.15, 0.2) is 0 Å². The topological polar surface area (TPSA) is 87.7 Å². The Kier molecular flexibility index (Phi) is 6.59. The molecule has 4 heterocycles. The number of hydrogen-bond donors (Lipinski definition) is 1. The molecule has 3 saturated heterocycles. The number of hydrogen-bond acceptors (Lipinski definition) is 6. The first kappa shape index (κ1) is 20.1. The molecule has 3 fully saturated rings. The average molecular weight is 402 g/mol. The lowest BCUT2D eigenvalue weighted by molar-refractivity contribution is -0.128. The van der Waals surface area contributed by atoms with E-state index in [1.165, 1.54) is 0 Å². The Balaban J connectivity index is 1.22. The lowest BCUT2D eigenvalue weighted by Gasteiger charge is -2.23. The first-order chi connectivity index (χ1) is 14.2. The summed E-state index contributed by atoms with van der Waals surface area (Å²) < 4.78 is 5.45. The van der Waals surface area contributed by atoms with E-state index in [0.717, 1.165) is 76.6 Å². The van der Waals surface area contributed by atoms with Crippen LogP contribution in [0.25, 0.3) is 0 Å². The third-order valence-electron chi connectivity index (χ3n) is 6.14. The van der Waals surface area contributed by atoms with Gasteiger partial charge in [-0.2, -0.15) is 0 Å². The molecule has 0 bridgehead atoms. The lowest BCUT2D eigenvalue weighted by Crippen LogP contribution is -2.37. The van der Waals surface area contributed by atoms with Gasteiger partial charge in [-0.25, -0.2) is 9.97 Å². The molecule has 1 aromatic rings. The Labute approximate surface area is 172 Å². The van der Waals surface area contributed by atoms with E-state index in [9.17, 15) is 9.59 Å². The van der Waals surface area contributed by atoms with E-state index in [4.69, 9.17) is 9.72 Å². The van der Waals surface area contributed by atoms with Crippen molar-refractivity contribution in [2.45, 2.75) is 56.9 Å². The molecule has 8 nitrogen and oxygen atoms in total. The van der Waals surface area contributed by atoms with Crippen LogP contribution in [0.5, 0.6) is 0 Å². The normalized spacial score (nSPS) is 23.0. The monoisotopic (exact) mass is 401 g/mol. The van der Waals surface area contributed by atoms with Gasteiger partial charge in [0.25, 0.3) is 0 Å². The van der Waals surface area contributed by atoms with Gasteiger partial charge in [-0.3, -0.25) is 9.59 Å². The predicted molar refractivity (Wildman–Crippen MR) is 109 cm³/mol. The highest BCUT2D eigenvalue weighted by Crippen LogP contribution is 2.26. The summed E-state index contributed by atoms with van der Waals surface area (Å²) in [5, 5.41) is 3.14. The molecule has 3 aliphatic rings. The molecule has 158 valence electrons. The lowest BCUT2D eigenvalue weighted by atomic mass is 9.96. The summed E-state index contributed by atoms with van der Waals surface area (Å²) in [5.41, 5.74) is 1.10. The van der Waals surface area contributed by atoms with Crippen LogP contribution < -0.4 is 10.2 Å². The Bertz CT molecular complexity index is 722. The van der Waals surface area contributed by atoms with Crippen molar-refractivity contribution in [1.29, 1.82) is 0 Å². The molecular weight excluding hydrogens is 370 g/mol. The van der Waals surface area contributed by atoms with Gasteiger partial charge < -0.3 is 19.9 Å². The maximum atomic E-state index is 12.3. The standard InChI is InChI=1S/C21H31N5O3/c27-19(3-1-10-25-11-2-4-20(25)28)23-17-6-12-26(15-17)21-22-9-5-18(24-21)16-7-13-29-14-8-16/h5,9,16-17H,1-4,6-8,10-15H2,(H,23,27). The minimum atomic E-state index is 0.0698. The summed E-state index contributed by atoms with van der Waals surface area (Å²) in [7, 11) is 0. The third kappa shape index (κ3) is 5.23. The van der Waals surface area contributed by atoms with E-state index < -0.39 is 0 Å². The Morgan fingerprint density at radius 3 is 2.90 bits per heavy atom. The van der Waals surface area contributed by atoms with E-state index >= 15 is 0 Å². The van der Waals surface area contributed by atoms with E-state index in [1.807, 2.05) is 17.2 Å². The number of likely N-dealkylation sites (tertiary alicyclic amines) is 1. The Morgan fingerprint density at radius 1 is 1.24 bits per heavy atom. The summed E-state index contributed by atoms with van der Waals surface area (Å²) in [6.07, 6.45) is 7.57. The highest BCUT2D eigenvalue weighted by atomic mass is 16.5. The fraction of sp³-hybridized carbons (Fsp3) is 0.714. The maximum absolute atomic E-state index is 12.3. The highest BCUT2D eigenvalue weighted by Gasteiger charge is 2.27. The van der Waals surface area contributed by atoms with Crippen molar-refractivity contribution in [2.75, 3.05) is 44.3 Å². The van der Waals surface area contributed by atoms with Crippen molar-refractivity contribution >= 4 is 17.8 Å². The second kappa shape index (κ2) is 9.52. The molecule has 0 saturated carbocycles. The van der Waals surface area contributed by atoms with Crippen LogP contribution in [-0.4, -0.2) is 72.1 Å². The summed E-state index contributed by atoms with van der Waals surface area (Å²) in [6.45, 7) is 4.72. The van der Waals surface area contributed by atoms with Crippen molar-refractivity contribution < 1.29 is 14.3 Å². The molecule has 3 aliphatic heterocycles. The summed E-state index contributed by atoms with van der Waals surface area (Å²) >= 11 is 0. The quantitative estimate of drug-likeness (QED) is 0.744. The molecule has 4 rings (SSSR count). The largest absolute Gasteiger partial charge is 0.381 e. The van der Waals surface area contributed by atoms with Gasteiger partial charge >= 0.3 is 0 Å². The number of amides is 2. The number of carbonyl (C=O) groups is 2. The minimum Gasteiger partial charge on any atom is -0.381 e. The Hall–Kier alpha value is -2.22. The van der Waals surface area contributed by atoms with Gasteiger partial charge in [0, 0.05) is 76.1 Å². The maximum Gasteiger partial charge on any atom is 0.225 e. The Morgan fingerprint density at radius 2 is 2.10 bits per heavy atom. The second-order valence-electron chi connectivity index (χ2n) is 8.26. The molecule has 1 N–H and O–H groups in total. The van der Waals surface area contributed by atoms with Crippen LogP contribution in [0.3, 0.4) is 0 Å². The van der Waals surface area contributed by atoms with Gasteiger partial charge in [0.05, 0.1) is 0 Å². The second-order valence-corrected chi connectivity index (χ2v) is 8.26. The van der Waals surface area contributed by atoms with Crippen molar-refractivity contribution in [2.24, 2.45) is 0 Å².